The summed E-state index contributed by atoms with van der Waals surface area (Å²) in [6.45, 7) is 7.03. The van der Waals surface area contributed by atoms with Gasteiger partial charge in [0.15, 0.2) is 0 Å². The highest BCUT2D eigenvalue weighted by Crippen LogP contribution is 2.22. The highest BCUT2D eigenvalue weighted by Gasteiger charge is 2.11. The van der Waals surface area contributed by atoms with Crippen molar-refractivity contribution in [1.29, 1.82) is 0 Å². The fourth-order valence-corrected chi connectivity index (χ4v) is 2.35. The molecule has 0 fully saturated rings. The van der Waals surface area contributed by atoms with Crippen LogP contribution in [0.5, 0.6) is 0 Å². The quantitative estimate of drug-likeness (QED) is 0.829. The first-order valence-electron chi connectivity index (χ1n) is 7.55. The molecule has 21 heavy (non-hydrogen) atoms. The molecule has 1 heterocycles. The van der Waals surface area contributed by atoms with Gasteiger partial charge in [0.05, 0.1) is 6.54 Å². The highest BCUT2D eigenvalue weighted by atomic mass is 16.1. The summed E-state index contributed by atoms with van der Waals surface area (Å²) in [4.78, 5) is 15.1. The summed E-state index contributed by atoms with van der Waals surface area (Å²) in [5.41, 5.74) is 3.58. The van der Waals surface area contributed by atoms with Crippen LogP contribution in [-0.2, 0) is 11.3 Å². The lowest BCUT2D eigenvalue weighted by Crippen LogP contribution is -2.24. The number of benzene rings is 1. The molecule has 1 aromatic carbocycles. The fraction of sp³-hybridized carbons (Fsp3) is 0.389. The molecule has 0 aliphatic heterocycles. The molecule has 1 atom stereocenters. The number of hydrogen-bond donors (Lipinski definition) is 2. The Morgan fingerprint density at radius 3 is 2.33 bits per heavy atom. The Bertz CT molecular complexity index is 555. The number of aromatic amines is 1. The standard InChI is InChI=1S/C18H24N2O/c1-13(2)15-6-8-16(9-7-15)14(3)11-18(21)20-12-17-5-4-10-19-17/h4-10,13-14,19H,11-12H2,1-3H3,(H,20,21). The molecular weight excluding hydrogens is 260 g/mol. The van der Waals surface area contributed by atoms with Crippen LogP contribution in [0.3, 0.4) is 0 Å². The Morgan fingerprint density at radius 1 is 1.10 bits per heavy atom. The van der Waals surface area contributed by atoms with E-state index in [2.05, 4.69) is 55.3 Å². The zero-order chi connectivity index (χ0) is 15.2. The zero-order valence-corrected chi connectivity index (χ0v) is 13.0. The van der Waals surface area contributed by atoms with Crippen molar-refractivity contribution in [2.75, 3.05) is 0 Å². The number of hydrogen-bond acceptors (Lipinski definition) is 1. The van der Waals surface area contributed by atoms with Gasteiger partial charge < -0.3 is 10.3 Å². The summed E-state index contributed by atoms with van der Waals surface area (Å²) in [7, 11) is 0. The molecule has 112 valence electrons. The molecule has 1 amide bonds. The molecule has 3 heteroatoms. The molecule has 1 unspecified atom stereocenters. The van der Waals surface area contributed by atoms with Crippen LogP contribution in [0.2, 0.25) is 0 Å². The SMILES string of the molecule is CC(C)c1ccc(C(C)CC(=O)NCc2ccc[nH]2)cc1. The lowest BCUT2D eigenvalue weighted by molar-refractivity contribution is -0.121. The van der Waals surface area contributed by atoms with Crippen molar-refractivity contribution in [2.45, 2.75) is 45.6 Å². The fourth-order valence-electron chi connectivity index (χ4n) is 2.35. The van der Waals surface area contributed by atoms with Gasteiger partial charge in [-0.3, -0.25) is 4.79 Å². The molecule has 0 saturated carbocycles. The average molecular weight is 284 g/mol. The van der Waals surface area contributed by atoms with Gasteiger partial charge in [0, 0.05) is 18.3 Å². The summed E-state index contributed by atoms with van der Waals surface area (Å²) >= 11 is 0. The smallest absolute Gasteiger partial charge is 0.220 e. The van der Waals surface area contributed by atoms with Gasteiger partial charge in [-0.2, -0.15) is 0 Å². The summed E-state index contributed by atoms with van der Waals surface area (Å²) in [6.07, 6.45) is 2.38. The summed E-state index contributed by atoms with van der Waals surface area (Å²) in [6, 6.07) is 12.5. The maximum atomic E-state index is 12.0. The average Bonchev–Trinajstić information content (AvgIpc) is 2.98. The van der Waals surface area contributed by atoms with Crippen LogP contribution in [0.4, 0.5) is 0 Å². The summed E-state index contributed by atoms with van der Waals surface area (Å²) < 4.78 is 0. The van der Waals surface area contributed by atoms with E-state index in [4.69, 9.17) is 0 Å². The number of amides is 1. The monoisotopic (exact) mass is 284 g/mol. The predicted molar refractivity (Wildman–Crippen MR) is 86.2 cm³/mol. The first-order valence-corrected chi connectivity index (χ1v) is 7.55. The van der Waals surface area contributed by atoms with Gasteiger partial charge in [0.2, 0.25) is 5.91 Å². The predicted octanol–water partition coefficient (Wildman–Crippen LogP) is 3.95. The number of rotatable bonds is 6. The molecule has 0 spiro atoms. The number of aromatic nitrogens is 1. The summed E-state index contributed by atoms with van der Waals surface area (Å²) in [5, 5.41) is 2.95. The summed E-state index contributed by atoms with van der Waals surface area (Å²) in [5.74, 6) is 0.860. The molecule has 2 aromatic rings. The first-order chi connectivity index (χ1) is 10.1. The van der Waals surface area contributed by atoms with E-state index in [9.17, 15) is 4.79 Å². The van der Waals surface area contributed by atoms with Crippen LogP contribution in [0, 0.1) is 0 Å². The minimum Gasteiger partial charge on any atom is -0.364 e. The number of carbonyl (C=O) groups is 1. The van der Waals surface area contributed by atoms with Crippen LogP contribution in [0.25, 0.3) is 0 Å². The van der Waals surface area contributed by atoms with E-state index in [1.54, 1.807) is 0 Å². The largest absolute Gasteiger partial charge is 0.364 e. The van der Waals surface area contributed by atoms with Crippen LogP contribution < -0.4 is 5.32 Å². The van der Waals surface area contributed by atoms with E-state index < -0.39 is 0 Å². The minimum absolute atomic E-state index is 0.0880. The zero-order valence-electron chi connectivity index (χ0n) is 13.0. The number of nitrogens with one attached hydrogen (secondary N) is 2. The lowest BCUT2D eigenvalue weighted by Gasteiger charge is -2.13. The molecule has 3 nitrogen and oxygen atoms in total. The van der Waals surface area contributed by atoms with E-state index in [0.717, 1.165) is 5.69 Å². The third kappa shape index (κ3) is 4.48. The van der Waals surface area contributed by atoms with E-state index in [-0.39, 0.29) is 11.8 Å². The van der Waals surface area contributed by atoms with Crippen molar-refractivity contribution in [1.82, 2.24) is 10.3 Å². The van der Waals surface area contributed by atoms with Crippen molar-refractivity contribution in [2.24, 2.45) is 0 Å². The van der Waals surface area contributed by atoms with Gasteiger partial charge in [-0.15, -0.1) is 0 Å². The van der Waals surface area contributed by atoms with Crippen molar-refractivity contribution in [3.63, 3.8) is 0 Å². The highest BCUT2D eigenvalue weighted by molar-refractivity contribution is 5.76. The molecule has 0 aliphatic rings. The molecule has 2 N–H and O–H groups in total. The molecular formula is C18H24N2O. The molecule has 0 bridgehead atoms. The number of H-pyrrole nitrogens is 1. The lowest BCUT2D eigenvalue weighted by atomic mass is 9.94. The second-order valence-corrected chi connectivity index (χ2v) is 5.90. The van der Waals surface area contributed by atoms with Crippen molar-refractivity contribution in [3.8, 4) is 0 Å². The third-order valence-corrected chi connectivity index (χ3v) is 3.80. The van der Waals surface area contributed by atoms with Crippen molar-refractivity contribution < 1.29 is 4.79 Å². The Morgan fingerprint density at radius 2 is 1.76 bits per heavy atom. The van der Waals surface area contributed by atoms with Crippen LogP contribution in [0.1, 0.15) is 55.8 Å². The van der Waals surface area contributed by atoms with Gasteiger partial charge >= 0.3 is 0 Å². The van der Waals surface area contributed by atoms with Gasteiger partial charge in [-0.05, 0) is 35.1 Å². The van der Waals surface area contributed by atoms with Crippen LogP contribution >= 0.6 is 0 Å². The molecule has 1 aromatic heterocycles. The molecule has 0 radical (unpaired) electrons. The topological polar surface area (TPSA) is 44.9 Å². The van der Waals surface area contributed by atoms with Crippen molar-refractivity contribution in [3.05, 3.63) is 59.4 Å². The van der Waals surface area contributed by atoms with Gasteiger partial charge in [-0.25, -0.2) is 0 Å². The van der Waals surface area contributed by atoms with Crippen LogP contribution in [0.15, 0.2) is 42.6 Å². The Hall–Kier alpha value is -2.03. The van der Waals surface area contributed by atoms with Gasteiger partial charge in [-0.1, -0.05) is 45.0 Å². The second kappa shape index (κ2) is 7.11. The Kier molecular flexibility index (Phi) is 5.20. The van der Waals surface area contributed by atoms with Gasteiger partial charge in [0.1, 0.15) is 0 Å². The Balaban J connectivity index is 1.85. The number of carbonyl (C=O) groups excluding carboxylic acids is 1. The second-order valence-electron chi connectivity index (χ2n) is 5.90. The van der Waals surface area contributed by atoms with Crippen molar-refractivity contribution >= 4 is 5.91 Å². The molecule has 0 aliphatic carbocycles. The third-order valence-electron chi connectivity index (χ3n) is 3.80. The van der Waals surface area contributed by atoms with E-state index in [1.165, 1.54) is 11.1 Å². The van der Waals surface area contributed by atoms with E-state index >= 15 is 0 Å². The van der Waals surface area contributed by atoms with Gasteiger partial charge in [0.25, 0.3) is 0 Å². The van der Waals surface area contributed by atoms with Crippen LogP contribution in [-0.4, -0.2) is 10.9 Å². The molecule has 2 rings (SSSR count). The maximum Gasteiger partial charge on any atom is 0.220 e. The minimum atomic E-state index is 0.0880. The Labute approximate surface area is 126 Å². The molecule has 0 saturated heterocycles. The maximum absolute atomic E-state index is 12.0. The van der Waals surface area contributed by atoms with E-state index in [0.29, 0.717) is 18.9 Å². The first kappa shape index (κ1) is 15.4. The van der Waals surface area contributed by atoms with E-state index in [1.807, 2.05) is 18.3 Å². The normalized spacial score (nSPS) is 12.4.